The van der Waals surface area contributed by atoms with Crippen molar-refractivity contribution in [2.75, 3.05) is 21.1 Å². The number of rotatable bonds is 1. The van der Waals surface area contributed by atoms with E-state index in [1.54, 1.807) is 0 Å². The van der Waals surface area contributed by atoms with E-state index in [0.717, 1.165) is 6.92 Å². The second-order valence-corrected chi connectivity index (χ2v) is 4.24. The summed E-state index contributed by atoms with van der Waals surface area (Å²) in [5, 5.41) is 0. The number of benzene rings is 1. The van der Waals surface area contributed by atoms with E-state index in [9.17, 15) is 17.6 Å². The summed E-state index contributed by atoms with van der Waals surface area (Å²) in [6.07, 6.45) is 0. The molecular weight excluding hydrogens is 210 g/mol. The van der Waals surface area contributed by atoms with Gasteiger partial charge in [-0.1, -0.05) is 0 Å². The Morgan fingerprint density at radius 2 is 1.07 bits per heavy atom. The predicted molar refractivity (Wildman–Crippen MR) is 50.6 cm³/mol. The molecule has 0 atom stereocenters. The summed E-state index contributed by atoms with van der Waals surface area (Å²) in [5.41, 5.74) is -1.25. The van der Waals surface area contributed by atoms with Gasteiger partial charge in [-0.2, -0.15) is 8.78 Å². The molecule has 0 unspecified atom stereocenters. The highest BCUT2D eigenvalue weighted by Crippen LogP contribution is 2.31. The quantitative estimate of drug-likeness (QED) is 0.389. The third-order valence-electron chi connectivity index (χ3n) is 2.13. The van der Waals surface area contributed by atoms with Gasteiger partial charge >= 0.3 is 0 Å². The number of hydrogen-bond donors (Lipinski definition) is 0. The molecule has 1 aromatic rings. The van der Waals surface area contributed by atoms with Crippen molar-refractivity contribution < 1.29 is 17.6 Å². The first kappa shape index (κ1) is 12.0. The molecule has 0 bridgehead atoms. The fourth-order valence-corrected chi connectivity index (χ4v) is 1.32. The molecule has 0 aromatic heterocycles. The van der Waals surface area contributed by atoms with Crippen molar-refractivity contribution in [3.63, 3.8) is 0 Å². The standard InChI is InChI=1S/C10H12F4N/c1-5-6(11)8(13)10(15(2,3)4)9(14)7(5)12/h1-4H3/q+1. The molecule has 0 aliphatic rings. The molecule has 5 heteroatoms. The Morgan fingerprint density at radius 1 is 0.733 bits per heavy atom. The largest absolute Gasteiger partial charge is 0.293 e. The molecule has 15 heavy (non-hydrogen) atoms. The number of hydrogen-bond acceptors (Lipinski definition) is 0. The number of quaternary nitrogens is 1. The van der Waals surface area contributed by atoms with Crippen LogP contribution in [0.15, 0.2) is 0 Å². The highest BCUT2D eigenvalue weighted by molar-refractivity contribution is 5.47. The SMILES string of the molecule is Cc1c(F)c(F)c([N+](C)(C)C)c(F)c1F. The van der Waals surface area contributed by atoms with Crippen molar-refractivity contribution in [2.24, 2.45) is 0 Å². The first-order chi connectivity index (χ1) is 6.68. The van der Waals surface area contributed by atoms with Gasteiger partial charge in [0.15, 0.2) is 11.6 Å². The van der Waals surface area contributed by atoms with E-state index in [0.29, 0.717) is 0 Å². The van der Waals surface area contributed by atoms with E-state index in [2.05, 4.69) is 0 Å². The lowest BCUT2D eigenvalue weighted by molar-refractivity contribution is 0.384. The molecule has 1 rings (SSSR count). The van der Waals surface area contributed by atoms with Gasteiger partial charge in [0.05, 0.1) is 21.1 Å². The van der Waals surface area contributed by atoms with Crippen molar-refractivity contribution >= 4 is 5.69 Å². The highest BCUT2D eigenvalue weighted by atomic mass is 19.2. The Balaban J connectivity index is 3.68. The maximum Gasteiger partial charge on any atom is 0.222 e. The van der Waals surface area contributed by atoms with Crippen LogP contribution in [0.5, 0.6) is 0 Å². The smallest absolute Gasteiger partial charge is 0.222 e. The molecule has 0 aliphatic carbocycles. The van der Waals surface area contributed by atoms with Crippen LogP contribution in [0, 0.1) is 30.2 Å². The van der Waals surface area contributed by atoms with Crippen molar-refractivity contribution in [2.45, 2.75) is 6.92 Å². The summed E-state index contributed by atoms with van der Waals surface area (Å²) in [6, 6.07) is 0. The van der Waals surface area contributed by atoms with Crippen LogP contribution in [0.25, 0.3) is 0 Å². The van der Waals surface area contributed by atoms with Gasteiger partial charge in [-0.15, -0.1) is 0 Å². The molecule has 0 N–H and O–H groups in total. The lowest BCUT2D eigenvalue weighted by Crippen LogP contribution is -2.37. The summed E-state index contributed by atoms with van der Waals surface area (Å²) < 4.78 is 52.8. The Labute approximate surface area is 85.5 Å². The molecule has 0 spiro atoms. The topological polar surface area (TPSA) is 0 Å². The van der Waals surface area contributed by atoms with Gasteiger partial charge in [0.25, 0.3) is 0 Å². The average molecular weight is 222 g/mol. The van der Waals surface area contributed by atoms with Crippen LogP contribution in [0.4, 0.5) is 23.2 Å². The molecule has 0 saturated heterocycles. The zero-order valence-corrected chi connectivity index (χ0v) is 8.96. The Morgan fingerprint density at radius 3 is 1.33 bits per heavy atom. The molecule has 1 nitrogen and oxygen atoms in total. The van der Waals surface area contributed by atoms with Crippen LogP contribution in [0.3, 0.4) is 0 Å². The second kappa shape index (κ2) is 3.48. The minimum absolute atomic E-state index is 0.328. The predicted octanol–water partition coefficient (Wildman–Crippen LogP) is 2.75. The maximum atomic E-state index is 13.4. The third-order valence-corrected chi connectivity index (χ3v) is 2.13. The summed E-state index contributed by atoms with van der Waals surface area (Å²) in [4.78, 5) is 0. The van der Waals surface area contributed by atoms with Crippen LogP contribution in [-0.2, 0) is 0 Å². The molecule has 1 aromatic carbocycles. The van der Waals surface area contributed by atoms with E-state index in [1.807, 2.05) is 0 Å². The second-order valence-electron chi connectivity index (χ2n) is 4.24. The van der Waals surface area contributed by atoms with E-state index in [1.165, 1.54) is 21.1 Å². The minimum atomic E-state index is -1.34. The van der Waals surface area contributed by atoms with E-state index >= 15 is 0 Å². The van der Waals surface area contributed by atoms with Crippen LogP contribution in [0.2, 0.25) is 0 Å². The van der Waals surface area contributed by atoms with Gasteiger partial charge in [0.1, 0.15) is 0 Å². The maximum absolute atomic E-state index is 13.4. The lowest BCUT2D eigenvalue weighted by atomic mass is 10.1. The Bertz CT molecular complexity index is 378. The van der Waals surface area contributed by atoms with E-state index < -0.39 is 34.5 Å². The summed E-state index contributed by atoms with van der Waals surface area (Å²) >= 11 is 0. The third kappa shape index (κ3) is 1.84. The summed E-state index contributed by atoms with van der Waals surface area (Å²) in [6.45, 7) is 0.996. The highest BCUT2D eigenvalue weighted by Gasteiger charge is 2.31. The fraction of sp³-hybridized carbons (Fsp3) is 0.400. The van der Waals surface area contributed by atoms with Gasteiger partial charge in [0.2, 0.25) is 17.3 Å². The summed E-state index contributed by atoms with van der Waals surface area (Å²) in [7, 11) is 4.28. The van der Waals surface area contributed by atoms with Crippen LogP contribution in [0.1, 0.15) is 5.56 Å². The zero-order chi connectivity index (χ0) is 12.0. The molecule has 0 fully saturated rings. The fourth-order valence-electron chi connectivity index (χ4n) is 1.32. The van der Waals surface area contributed by atoms with Crippen molar-refractivity contribution in [3.05, 3.63) is 28.8 Å². The first-order valence-electron chi connectivity index (χ1n) is 4.32. The normalized spacial score (nSPS) is 12.0. The lowest BCUT2D eigenvalue weighted by Gasteiger charge is -2.24. The Hall–Kier alpha value is -1.10. The Kier molecular flexibility index (Phi) is 2.78. The summed E-state index contributed by atoms with van der Waals surface area (Å²) in [5.74, 6) is -5.34. The molecule has 0 radical (unpaired) electrons. The number of halogens is 4. The molecular formula is C10H12F4N+. The average Bonchev–Trinajstić information content (AvgIpc) is 2.09. The van der Waals surface area contributed by atoms with E-state index in [-0.39, 0.29) is 4.48 Å². The number of nitrogens with zero attached hydrogens (tertiary/aromatic N) is 1. The van der Waals surface area contributed by atoms with Crippen molar-refractivity contribution in [3.8, 4) is 0 Å². The van der Waals surface area contributed by atoms with Crippen LogP contribution < -0.4 is 4.48 Å². The minimum Gasteiger partial charge on any atom is -0.293 e. The molecule has 84 valence electrons. The van der Waals surface area contributed by atoms with Gasteiger partial charge < -0.3 is 0 Å². The van der Waals surface area contributed by atoms with Crippen molar-refractivity contribution in [1.29, 1.82) is 0 Å². The molecule has 0 saturated carbocycles. The molecule has 0 amide bonds. The monoisotopic (exact) mass is 222 g/mol. The van der Waals surface area contributed by atoms with Crippen molar-refractivity contribution in [1.82, 2.24) is 4.48 Å². The first-order valence-corrected chi connectivity index (χ1v) is 4.32. The zero-order valence-electron chi connectivity index (χ0n) is 8.96. The van der Waals surface area contributed by atoms with Crippen LogP contribution >= 0.6 is 0 Å². The van der Waals surface area contributed by atoms with Crippen LogP contribution in [-0.4, -0.2) is 21.1 Å². The van der Waals surface area contributed by atoms with Gasteiger partial charge in [-0.05, 0) is 6.92 Å². The van der Waals surface area contributed by atoms with Gasteiger partial charge in [-0.3, -0.25) is 4.48 Å². The molecule has 0 heterocycles. The van der Waals surface area contributed by atoms with E-state index in [4.69, 9.17) is 0 Å². The van der Waals surface area contributed by atoms with Gasteiger partial charge in [-0.25, -0.2) is 8.78 Å². The van der Waals surface area contributed by atoms with Gasteiger partial charge in [0, 0.05) is 5.56 Å². The molecule has 0 aliphatic heterocycles.